The second kappa shape index (κ2) is 4.11. The van der Waals surface area contributed by atoms with Crippen molar-refractivity contribution in [2.45, 2.75) is 6.92 Å². The van der Waals surface area contributed by atoms with Crippen molar-refractivity contribution < 1.29 is 4.79 Å². The summed E-state index contributed by atoms with van der Waals surface area (Å²) in [4.78, 5) is 11.0. The number of aldehydes is 1. The van der Waals surface area contributed by atoms with Crippen LogP contribution in [0, 0.1) is 6.92 Å². The van der Waals surface area contributed by atoms with Crippen LogP contribution in [-0.2, 0) is 0 Å². The molecule has 3 heteroatoms. The van der Waals surface area contributed by atoms with Crippen molar-refractivity contribution in [2.75, 3.05) is 0 Å². The quantitative estimate of drug-likeness (QED) is 0.641. The van der Waals surface area contributed by atoms with Gasteiger partial charge in [0.25, 0.3) is 0 Å². The van der Waals surface area contributed by atoms with E-state index in [9.17, 15) is 4.79 Å². The van der Waals surface area contributed by atoms with Crippen molar-refractivity contribution in [3.05, 3.63) is 59.8 Å². The lowest BCUT2D eigenvalue weighted by Gasteiger charge is -1.97. The Bertz CT molecular complexity index is 728. The molecule has 0 spiro atoms. The Morgan fingerprint density at radius 1 is 1.11 bits per heavy atom. The molecule has 0 aliphatic heterocycles. The molecular weight excluding hydrogens is 224 g/mol. The van der Waals surface area contributed by atoms with Gasteiger partial charge in [0.05, 0.1) is 11.2 Å². The van der Waals surface area contributed by atoms with Crippen LogP contribution >= 0.6 is 0 Å². The highest BCUT2D eigenvalue weighted by atomic mass is 16.1. The number of carbonyl (C=O) groups is 1. The van der Waals surface area contributed by atoms with Crippen molar-refractivity contribution in [1.29, 1.82) is 0 Å². The van der Waals surface area contributed by atoms with E-state index in [1.165, 1.54) is 5.56 Å². The summed E-state index contributed by atoms with van der Waals surface area (Å²) in [7, 11) is 0. The van der Waals surface area contributed by atoms with Gasteiger partial charge in [0.2, 0.25) is 0 Å². The molecule has 0 atom stereocenters. The van der Waals surface area contributed by atoms with E-state index in [2.05, 4.69) is 24.2 Å². The maximum absolute atomic E-state index is 11.0. The molecule has 3 nitrogen and oxygen atoms in total. The Balaban J connectivity index is 2.22. The molecule has 0 unspecified atom stereocenters. The van der Waals surface area contributed by atoms with Gasteiger partial charge >= 0.3 is 0 Å². The third-order valence-corrected chi connectivity index (χ3v) is 2.95. The van der Waals surface area contributed by atoms with Crippen LogP contribution in [0.3, 0.4) is 0 Å². The molecule has 0 amide bonds. The molecule has 2 aromatic heterocycles. The standard InChI is InChI=1S/C15H12N2O/c1-11-4-2-5-12(8-11)15-9-13-6-3-7-14(10-18)17(13)16-15/h2-10H,1H3. The maximum Gasteiger partial charge on any atom is 0.168 e. The van der Waals surface area contributed by atoms with E-state index in [0.717, 1.165) is 23.1 Å². The van der Waals surface area contributed by atoms with E-state index in [4.69, 9.17) is 0 Å². The van der Waals surface area contributed by atoms with Crippen LogP contribution < -0.4 is 0 Å². The minimum atomic E-state index is 0.561. The third kappa shape index (κ3) is 1.70. The number of benzene rings is 1. The fourth-order valence-corrected chi connectivity index (χ4v) is 2.07. The molecule has 0 aliphatic carbocycles. The second-order valence-electron chi connectivity index (χ2n) is 4.30. The lowest BCUT2D eigenvalue weighted by Crippen LogP contribution is -1.95. The summed E-state index contributed by atoms with van der Waals surface area (Å²) in [6, 6.07) is 15.7. The molecular formula is C15H12N2O. The molecule has 18 heavy (non-hydrogen) atoms. The molecule has 3 aromatic rings. The topological polar surface area (TPSA) is 34.4 Å². The average molecular weight is 236 g/mol. The molecule has 2 heterocycles. The van der Waals surface area contributed by atoms with Crippen LogP contribution in [0.2, 0.25) is 0 Å². The van der Waals surface area contributed by atoms with Gasteiger partial charge in [-0.3, -0.25) is 4.79 Å². The van der Waals surface area contributed by atoms with Crippen molar-refractivity contribution in [3.8, 4) is 11.3 Å². The average Bonchev–Trinajstić information content (AvgIpc) is 2.82. The maximum atomic E-state index is 11.0. The number of aromatic nitrogens is 2. The summed E-state index contributed by atoms with van der Waals surface area (Å²) in [6.45, 7) is 2.05. The van der Waals surface area contributed by atoms with E-state index in [0.29, 0.717) is 5.69 Å². The molecule has 0 saturated carbocycles. The van der Waals surface area contributed by atoms with Crippen molar-refractivity contribution in [3.63, 3.8) is 0 Å². The summed E-state index contributed by atoms with van der Waals surface area (Å²) in [6.07, 6.45) is 0.819. The second-order valence-corrected chi connectivity index (χ2v) is 4.30. The van der Waals surface area contributed by atoms with Gasteiger partial charge in [-0.25, -0.2) is 4.52 Å². The van der Waals surface area contributed by atoms with Gasteiger partial charge in [0, 0.05) is 5.56 Å². The molecule has 0 aliphatic rings. The summed E-state index contributed by atoms with van der Waals surface area (Å²) >= 11 is 0. The lowest BCUT2D eigenvalue weighted by atomic mass is 10.1. The highest BCUT2D eigenvalue weighted by Gasteiger charge is 2.06. The van der Waals surface area contributed by atoms with Crippen LogP contribution in [0.5, 0.6) is 0 Å². The minimum Gasteiger partial charge on any atom is -0.296 e. The number of hydrogen-bond donors (Lipinski definition) is 0. The number of fused-ring (bicyclic) bond motifs is 1. The van der Waals surface area contributed by atoms with Crippen LogP contribution in [0.1, 0.15) is 16.1 Å². The summed E-state index contributed by atoms with van der Waals surface area (Å²) in [5, 5.41) is 4.48. The van der Waals surface area contributed by atoms with Crippen molar-refractivity contribution >= 4 is 11.8 Å². The predicted molar refractivity (Wildman–Crippen MR) is 70.8 cm³/mol. The normalized spacial score (nSPS) is 10.7. The van der Waals surface area contributed by atoms with Gasteiger partial charge in [-0.1, -0.05) is 29.8 Å². The number of nitrogens with zero attached hydrogens (tertiary/aromatic N) is 2. The molecule has 0 N–H and O–H groups in total. The Morgan fingerprint density at radius 3 is 2.72 bits per heavy atom. The zero-order valence-electron chi connectivity index (χ0n) is 10.00. The summed E-state index contributed by atoms with van der Waals surface area (Å²) in [5.41, 5.74) is 4.63. The zero-order chi connectivity index (χ0) is 12.5. The van der Waals surface area contributed by atoms with E-state index in [1.54, 1.807) is 10.6 Å². The Hall–Kier alpha value is -2.42. The summed E-state index contributed by atoms with van der Waals surface area (Å²) < 4.78 is 1.67. The van der Waals surface area contributed by atoms with E-state index >= 15 is 0 Å². The Kier molecular flexibility index (Phi) is 2.45. The molecule has 0 saturated heterocycles. The fourth-order valence-electron chi connectivity index (χ4n) is 2.07. The minimum absolute atomic E-state index is 0.561. The van der Waals surface area contributed by atoms with Crippen LogP contribution in [0.4, 0.5) is 0 Å². The first-order chi connectivity index (χ1) is 8.78. The van der Waals surface area contributed by atoms with E-state index in [-0.39, 0.29) is 0 Å². The predicted octanol–water partition coefficient (Wildman–Crippen LogP) is 3.12. The fraction of sp³-hybridized carbons (Fsp3) is 0.0667. The van der Waals surface area contributed by atoms with Gasteiger partial charge in [0.15, 0.2) is 6.29 Å². The van der Waals surface area contributed by atoms with Gasteiger partial charge in [-0.2, -0.15) is 5.10 Å². The monoisotopic (exact) mass is 236 g/mol. The number of pyridine rings is 1. The molecule has 88 valence electrons. The number of rotatable bonds is 2. The van der Waals surface area contributed by atoms with Crippen molar-refractivity contribution in [2.24, 2.45) is 0 Å². The van der Waals surface area contributed by atoms with Crippen LogP contribution in [0.15, 0.2) is 48.5 Å². The van der Waals surface area contributed by atoms with Gasteiger partial charge in [-0.05, 0) is 31.2 Å². The highest BCUT2D eigenvalue weighted by molar-refractivity contribution is 5.76. The smallest absolute Gasteiger partial charge is 0.168 e. The van der Waals surface area contributed by atoms with Crippen molar-refractivity contribution in [1.82, 2.24) is 9.61 Å². The zero-order valence-corrected chi connectivity index (χ0v) is 10.00. The van der Waals surface area contributed by atoms with Gasteiger partial charge in [-0.15, -0.1) is 0 Å². The number of carbonyl (C=O) groups excluding carboxylic acids is 1. The molecule has 3 rings (SSSR count). The first kappa shape index (κ1) is 10.7. The van der Waals surface area contributed by atoms with E-state index in [1.807, 2.05) is 30.3 Å². The third-order valence-electron chi connectivity index (χ3n) is 2.95. The molecule has 1 aromatic carbocycles. The first-order valence-corrected chi connectivity index (χ1v) is 5.79. The lowest BCUT2D eigenvalue weighted by molar-refractivity contribution is 0.111. The SMILES string of the molecule is Cc1cccc(-c2cc3cccc(C=O)n3n2)c1. The highest BCUT2D eigenvalue weighted by Crippen LogP contribution is 2.21. The molecule has 0 radical (unpaired) electrons. The first-order valence-electron chi connectivity index (χ1n) is 5.79. The number of aryl methyl sites for hydroxylation is 1. The van der Waals surface area contributed by atoms with Gasteiger partial charge < -0.3 is 0 Å². The largest absolute Gasteiger partial charge is 0.296 e. The van der Waals surface area contributed by atoms with Gasteiger partial charge in [0.1, 0.15) is 5.69 Å². The number of hydrogen-bond acceptors (Lipinski definition) is 2. The summed E-state index contributed by atoms with van der Waals surface area (Å²) in [5.74, 6) is 0. The van der Waals surface area contributed by atoms with E-state index < -0.39 is 0 Å². The van der Waals surface area contributed by atoms with Crippen LogP contribution in [0.25, 0.3) is 16.8 Å². The molecule has 0 fully saturated rings. The Labute approximate surface area is 105 Å². The molecule has 0 bridgehead atoms. The van der Waals surface area contributed by atoms with Crippen LogP contribution in [-0.4, -0.2) is 15.9 Å². The Morgan fingerprint density at radius 2 is 1.94 bits per heavy atom.